The summed E-state index contributed by atoms with van der Waals surface area (Å²) in [6.45, 7) is 0.194. The van der Waals surface area contributed by atoms with Gasteiger partial charge < -0.3 is 14.7 Å². The smallest absolute Gasteiger partial charge is 0.257 e. The van der Waals surface area contributed by atoms with E-state index in [0.717, 1.165) is 0 Å². The molecule has 1 N–H and O–H groups in total. The van der Waals surface area contributed by atoms with E-state index in [1.54, 1.807) is 25.2 Å². The predicted octanol–water partition coefficient (Wildman–Crippen LogP) is 1.41. The second-order valence-corrected chi connectivity index (χ2v) is 3.73. The van der Waals surface area contributed by atoms with Crippen LogP contribution in [0.25, 0.3) is 0 Å². The Labute approximate surface area is 99.4 Å². The molecule has 0 unspecified atom stereocenters. The van der Waals surface area contributed by atoms with Gasteiger partial charge in [0.15, 0.2) is 0 Å². The predicted molar refractivity (Wildman–Crippen MR) is 62.1 cm³/mol. The topological polar surface area (TPSA) is 49.8 Å². The van der Waals surface area contributed by atoms with Gasteiger partial charge in [0.1, 0.15) is 5.75 Å². The number of methoxy groups -OCH3 is 1. The first-order chi connectivity index (χ1) is 7.60. The molecule has 0 atom stereocenters. The van der Waals surface area contributed by atoms with Gasteiger partial charge >= 0.3 is 0 Å². The van der Waals surface area contributed by atoms with Crippen molar-refractivity contribution >= 4 is 17.5 Å². The van der Waals surface area contributed by atoms with E-state index in [0.29, 0.717) is 16.3 Å². The molecule has 88 valence electrons. The lowest BCUT2D eigenvalue weighted by molar-refractivity contribution is 0.0763. The number of hydrogen-bond acceptors (Lipinski definition) is 3. The van der Waals surface area contributed by atoms with Crippen LogP contribution in [0.5, 0.6) is 5.75 Å². The fourth-order valence-corrected chi connectivity index (χ4v) is 1.48. The quantitative estimate of drug-likeness (QED) is 0.870. The zero-order valence-electron chi connectivity index (χ0n) is 9.24. The number of carbonyl (C=O) groups excluding carboxylic acids is 1. The number of amides is 1. The zero-order chi connectivity index (χ0) is 12.1. The van der Waals surface area contributed by atoms with Crippen molar-refractivity contribution in [2.45, 2.75) is 0 Å². The molecular formula is C11H14ClNO3. The second-order valence-electron chi connectivity index (χ2n) is 3.29. The molecule has 1 aromatic carbocycles. The van der Waals surface area contributed by atoms with Crippen molar-refractivity contribution in [2.75, 3.05) is 27.3 Å². The minimum absolute atomic E-state index is 0.0783. The fourth-order valence-electron chi connectivity index (χ4n) is 1.30. The van der Waals surface area contributed by atoms with Crippen LogP contribution in [0.1, 0.15) is 10.4 Å². The molecule has 0 fully saturated rings. The fraction of sp³-hybridized carbons (Fsp3) is 0.364. The van der Waals surface area contributed by atoms with Gasteiger partial charge in [-0.05, 0) is 18.2 Å². The molecule has 0 aliphatic carbocycles. The molecule has 0 saturated carbocycles. The lowest BCUT2D eigenvalue weighted by Crippen LogP contribution is -2.29. The van der Waals surface area contributed by atoms with Crippen molar-refractivity contribution < 1.29 is 14.6 Å². The van der Waals surface area contributed by atoms with Crippen molar-refractivity contribution in [3.05, 3.63) is 28.8 Å². The number of hydrogen-bond donors (Lipinski definition) is 1. The molecule has 0 bridgehead atoms. The molecule has 16 heavy (non-hydrogen) atoms. The monoisotopic (exact) mass is 243 g/mol. The van der Waals surface area contributed by atoms with Crippen LogP contribution in [0.3, 0.4) is 0 Å². The summed E-state index contributed by atoms with van der Waals surface area (Å²) in [5.41, 5.74) is 0.394. The van der Waals surface area contributed by atoms with Crippen molar-refractivity contribution in [3.63, 3.8) is 0 Å². The number of nitrogens with zero attached hydrogens (tertiary/aromatic N) is 1. The van der Waals surface area contributed by atoms with Crippen LogP contribution in [0, 0.1) is 0 Å². The standard InChI is InChI=1S/C11H14ClNO3/c1-13(5-6-14)11(15)9-7-8(12)3-4-10(9)16-2/h3-4,7,14H,5-6H2,1-2H3. The van der Waals surface area contributed by atoms with Crippen LogP contribution in [-0.4, -0.2) is 43.2 Å². The van der Waals surface area contributed by atoms with Crippen LogP contribution < -0.4 is 4.74 Å². The number of likely N-dealkylation sites (N-methyl/N-ethyl adjacent to an activating group) is 1. The summed E-state index contributed by atoms with van der Waals surface area (Å²) in [5.74, 6) is 0.243. The summed E-state index contributed by atoms with van der Waals surface area (Å²) < 4.78 is 5.08. The van der Waals surface area contributed by atoms with Crippen LogP contribution in [0.2, 0.25) is 5.02 Å². The summed E-state index contributed by atoms with van der Waals surface area (Å²) in [6.07, 6.45) is 0. The molecule has 1 aromatic rings. The third-order valence-electron chi connectivity index (χ3n) is 2.17. The Bertz CT molecular complexity index is 381. The van der Waals surface area contributed by atoms with Gasteiger partial charge in [0.2, 0.25) is 0 Å². The maximum atomic E-state index is 11.9. The van der Waals surface area contributed by atoms with Crippen molar-refractivity contribution in [2.24, 2.45) is 0 Å². The SMILES string of the molecule is COc1ccc(Cl)cc1C(=O)N(C)CCO. The van der Waals surface area contributed by atoms with E-state index in [1.807, 2.05) is 0 Å². The van der Waals surface area contributed by atoms with E-state index >= 15 is 0 Å². The third-order valence-corrected chi connectivity index (χ3v) is 2.41. The first-order valence-electron chi connectivity index (χ1n) is 4.80. The highest BCUT2D eigenvalue weighted by Gasteiger charge is 2.16. The Hall–Kier alpha value is -1.26. The van der Waals surface area contributed by atoms with Gasteiger partial charge in [0.25, 0.3) is 5.91 Å². The molecule has 1 rings (SSSR count). The third kappa shape index (κ3) is 2.87. The highest BCUT2D eigenvalue weighted by Crippen LogP contribution is 2.23. The summed E-state index contributed by atoms with van der Waals surface area (Å²) >= 11 is 5.82. The average molecular weight is 244 g/mol. The maximum Gasteiger partial charge on any atom is 0.257 e. The molecule has 5 heteroatoms. The van der Waals surface area contributed by atoms with Gasteiger partial charge in [-0.3, -0.25) is 4.79 Å². The van der Waals surface area contributed by atoms with Crippen LogP contribution >= 0.6 is 11.6 Å². The molecule has 0 radical (unpaired) electrons. The van der Waals surface area contributed by atoms with E-state index in [4.69, 9.17) is 21.4 Å². The van der Waals surface area contributed by atoms with Crippen LogP contribution in [-0.2, 0) is 0 Å². The van der Waals surface area contributed by atoms with E-state index in [9.17, 15) is 4.79 Å². The Kier molecular flexibility index (Phi) is 4.58. The minimum Gasteiger partial charge on any atom is -0.496 e. The highest BCUT2D eigenvalue weighted by atomic mass is 35.5. The number of aliphatic hydroxyl groups is 1. The maximum absolute atomic E-state index is 11.9. The van der Waals surface area contributed by atoms with Crippen molar-refractivity contribution in [3.8, 4) is 5.75 Å². The van der Waals surface area contributed by atoms with Crippen molar-refractivity contribution in [1.29, 1.82) is 0 Å². The molecule has 0 saturated heterocycles. The van der Waals surface area contributed by atoms with E-state index < -0.39 is 0 Å². The van der Waals surface area contributed by atoms with E-state index in [1.165, 1.54) is 12.0 Å². The van der Waals surface area contributed by atoms with Gasteiger partial charge in [-0.25, -0.2) is 0 Å². The summed E-state index contributed by atoms with van der Waals surface area (Å²) in [5, 5.41) is 9.24. The number of aliphatic hydroxyl groups excluding tert-OH is 1. The largest absolute Gasteiger partial charge is 0.496 e. The van der Waals surface area contributed by atoms with Crippen LogP contribution in [0.4, 0.5) is 0 Å². The Morgan fingerprint density at radius 3 is 2.81 bits per heavy atom. The van der Waals surface area contributed by atoms with E-state index in [2.05, 4.69) is 0 Å². The van der Waals surface area contributed by atoms with Crippen LogP contribution in [0.15, 0.2) is 18.2 Å². The zero-order valence-corrected chi connectivity index (χ0v) is 9.99. The number of halogens is 1. The van der Waals surface area contributed by atoms with Gasteiger partial charge in [0.05, 0.1) is 19.3 Å². The minimum atomic E-state index is -0.228. The Morgan fingerprint density at radius 1 is 1.56 bits per heavy atom. The van der Waals surface area contributed by atoms with Gasteiger partial charge in [-0.15, -0.1) is 0 Å². The number of rotatable bonds is 4. The van der Waals surface area contributed by atoms with E-state index in [-0.39, 0.29) is 19.1 Å². The summed E-state index contributed by atoms with van der Waals surface area (Å²) in [6, 6.07) is 4.85. The normalized spacial score (nSPS) is 10.0. The second kappa shape index (κ2) is 5.72. The highest BCUT2D eigenvalue weighted by molar-refractivity contribution is 6.31. The van der Waals surface area contributed by atoms with Gasteiger partial charge in [-0.1, -0.05) is 11.6 Å². The number of carbonyl (C=O) groups is 1. The summed E-state index contributed by atoms with van der Waals surface area (Å²) in [7, 11) is 3.10. The first-order valence-corrected chi connectivity index (χ1v) is 5.17. The Balaban J connectivity index is 3.01. The molecule has 0 aliphatic heterocycles. The molecule has 0 aromatic heterocycles. The lowest BCUT2D eigenvalue weighted by atomic mass is 10.2. The molecule has 0 heterocycles. The van der Waals surface area contributed by atoms with Crippen molar-refractivity contribution in [1.82, 2.24) is 4.90 Å². The molecular weight excluding hydrogens is 230 g/mol. The molecule has 0 aliphatic rings. The molecule has 0 spiro atoms. The van der Waals surface area contributed by atoms with Gasteiger partial charge in [0, 0.05) is 18.6 Å². The number of benzene rings is 1. The Morgan fingerprint density at radius 2 is 2.25 bits per heavy atom. The van der Waals surface area contributed by atoms with Gasteiger partial charge in [-0.2, -0.15) is 0 Å². The number of ether oxygens (including phenoxy) is 1. The first kappa shape index (κ1) is 12.8. The molecule has 1 amide bonds. The molecule has 4 nitrogen and oxygen atoms in total. The summed E-state index contributed by atoms with van der Waals surface area (Å²) in [4.78, 5) is 13.4. The lowest BCUT2D eigenvalue weighted by Gasteiger charge is -2.17. The average Bonchev–Trinajstić information content (AvgIpc) is 2.28.